The second kappa shape index (κ2) is 6.27. The smallest absolute Gasteiger partial charge is 0.0475 e. The summed E-state index contributed by atoms with van der Waals surface area (Å²) in [6.45, 7) is 2.05. The zero-order valence-electron chi connectivity index (χ0n) is 12.5. The van der Waals surface area contributed by atoms with E-state index < -0.39 is 0 Å². The number of rotatable bonds is 4. The van der Waals surface area contributed by atoms with Crippen LogP contribution in [-0.2, 0) is 0 Å². The standard InChI is InChI=1S/C20H18N2/c1-15-7-8-18(14-21)20(13-15)22-19-11-9-17(10-12-19)16-5-3-2-4-6-16/h2-14,21-22H,1H3. The van der Waals surface area contributed by atoms with Gasteiger partial charge in [-0.3, -0.25) is 0 Å². The molecule has 0 amide bonds. The van der Waals surface area contributed by atoms with Gasteiger partial charge in [-0.05, 0) is 41.8 Å². The molecule has 0 saturated carbocycles. The van der Waals surface area contributed by atoms with E-state index >= 15 is 0 Å². The van der Waals surface area contributed by atoms with Gasteiger partial charge < -0.3 is 10.7 Å². The molecule has 3 aromatic rings. The Labute approximate surface area is 131 Å². The summed E-state index contributed by atoms with van der Waals surface area (Å²) >= 11 is 0. The number of hydrogen-bond donors (Lipinski definition) is 2. The summed E-state index contributed by atoms with van der Waals surface area (Å²) in [7, 11) is 0. The maximum Gasteiger partial charge on any atom is 0.0475 e. The van der Waals surface area contributed by atoms with Crippen molar-refractivity contribution in [1.29, 1.82) is 5.41 Å². The lowest BCUT2D eigenvalue weighted by atomic mass is 10.1. The molecule has 0 bridgehead atoms. The lowest BCUT2D eigenvalue weighted by Crippen LogP contribution is -1.96. The second-order valence-corrected chi connectivity index (χ2v) is 5.30. The van der Waals surface area contributed by atoms with E-state index in [1.165, 1.54) is 22.9 Å². The van der Waals surface area contributed by atoms with Gasteiger partial charge in [-0.1, -0.05) is 54.6 Å². The van der Waals surface area contributed by atoms with Crippen LogP contribution in [0.15, 0.2) is 72.8 Å². The fraction of sp³-hybridized carbons (Fsp3) is 0.0500. The molecule has 0 heterocycles. The van der Waals surface area contributed by atoms with E-state index in [-0.39, 0.29) is 0 Å². The van der Waals surface area contributed by atoms with Gasteiger partial charge in [0, 0.05) is 23.2 Å². The molecule has 3 aromatic carbocycles. The van der Waals surface area contributed by atoms with Gasteiger partial charge in [0.25, 0.3) is 0 Å². The first-order chi connectivity index (χ1) is 10.8. The Kier molecular flexibility index (Phi) is 4.01. The first-order valence-corrected chi connectivity index (χ1v) is 7.30. The molecule has 0 spiro atoms. The summed E-state index contributed by atoms with van der Waals surface area (Å²) < 4.78 is 0. The topological polar surface area (TPSA) is 35.9 Å². The molecular weight excluding hydrogens is 268 g/mol. The molecular formula is C20H18N2. The Bertz CT molecular complexity index is 775. The Balaban J connectivity index is 1.85. The van der Waals surface area contributed by atoms with Crippen molar-refractivity contribution in [2.75, 3.05) is 5.32 Å². The van der Waals surface area contributed by atoms with E-state index in [9.17, 15) is 0 Å². The first kappa shape index (κ1) is 14.1. The monoisotopic (exact) mass is 286 g/mol. The fourth-order valence-electron chi connectivity index (χ4n) is 2.44. The molecule has 0 aliphatic heterocycles. The van der Waals surface area contributed by atoms with E-state index in [2.05, 4.69) is 54.7 Å². The molecule has 22 heavy (non-hydrogen) atoms. The lowest BCUT2D eigenvalue weighted by molar-refractivity contribution is 1.43. The van der Waals surface area contributed by atoms with Crippen LogP contribution in [0.25, 0.3) is 11.1 Å². The van der Waals surface area contributed by atoms with Crippen LogP contribution < -0.4 is 5.32 Å². The summed E-state index contributed by atoms with van der Waals surface area (Å²) in [6, 6.07) is 24.7. The van der Waals surface area contributed by atoms with E-state index in [1.807, 2.05) is 30.3 Å². The Hall–Kier alpha value is -2.87. The highest BCUT2D eigenvalue weighted by Gasteiger charge is 2.02. The summed E-state index contributed by atoms with van der Waals surface area (Å²) in [5.41, 5.74) is 6.45. The van der Waals surface area contributed by atoms with Gasteiger partial charge in [0.2, 0.25) is 0 Å². The van der Waals surface area contributed by atoms with E-state index in [1.54, 1.807) is 0 Å². The van der Waals surface area contributed by atoms with Crippen molar-refractivity contribution in [1.82, 2.24) is 0 Å². The molecule has 0 radical (unpaired) electrons. The van der Waals surface area contributed by atoms with Crippen LogP contribution in [0.4, 0.5) is 11.4 Å². The molecule has 0 aliphatic rings. The van der Waals surface area contributed by atoms with Crippen molar-refractivity contribution < 1.29 is 0 Å². The molecule has 3 rings (SSSR count). The highest BCUT2D eigenvalue weighted by Crippen LogP contribution is 2.25. The van der Waals surface area contributed by atoms with E-state index in [0.717, 1.165) is 16.9 Å². The summed E-state index contributed by atoms with van der Waals surface area (Å²) in [4.78, 5) is 0. The van der Waals surface area contributed by atoms with Crippen molar-refractivity contribution >= 4 is 17.6 Å². The van der Waals surface area contributed by atoms with Gasteiger partial charge in [-0.15, -0.1) is 0 Å². The lowest BCUT2D eigenvalue weighted by Gasteiger charge is -2.11. The minimum absolute atomic E-state index is 0.887. The van der Waals surface area contributed by atoms with Crippen LogP contribution in [0.5, 0.6) is 0 Å². The third kappa shape index (κ3) is 3.07. The number of hydrogen-bond acceptors (Lipinski definition) is 2. The molecule has 2 N–H and O–H groups in total. The second-order valence-electron chi connectivity index (χ2n) is 5.30. The van der Waals surface area contributed by atoms with Gasteiger partial charge in [0.05, 0.1) is 0 Å². The highest BCUT2D eigenvalue weighted by atomic mass is 14.9. The van der Waals surface area contributed by atoms with Gasteiger partial charge in [0.15, 0.2) is 0 Å². The zero-order valence-corrected chi connectivity index (χ0v) is 12.5. The summed E-state index contributed by atoms with van der Waals surface area (Å²) in [5, 5.41) is 10.9. The number of nitrogens with one attached hydrogen (secondary N) is 2. The summed E-state index contributed by atoms with van der Waals surface area (Å²) in [5.74, 6) is 0. The van der Waals surface area contributed by atoms with Crippen LogP contribution in [0.3, 0.4) is 0 Å². The number of benzene rings is 3. The first-order valence-electron chi connectivity index (χ1n) is 7.30. The molecule has 2 nitrogen and oxygen atoms in total. The maximum atomic E-state index is 7.50. The SMILES string of the molecule is Cc1ccc(C=N)c(Nc2ccc(-c3ccccc3)cc2)c1. The number of anilines is 2. The van der Waals surface area contributed by atoms with Crippen molar-refractivity contribution in [2.45, 2.75) is 6.92 Å². The van der Waals surface area contributed by atoms with Crippen LogP contribution in [0.2, 0.25) is 0 Å². The average molecular weight is 286 g/mol. The van der Waals surface area contributed by atoms with Crippen LogP contribution in [0.1, 0.15) is 11.1 Å². The highest BCUT2D eigenvalue weighted by molar-refractivity contribution is 5.87. The molecule has 0 saturated heterocycles. The van der Waals surface area contributed by atoms with E-state index in [4.69, 9.17) is 5.41 Å². The van der Waals surface area contributed by atoms with Crippen LogP contribution >= 0.6 is 0 Å². The van der Waals surface area contributed by atoms with Crippen LogP contribution in [0, 0.1) is 12.3 Å². The molecule has 0 unspecified atom stereocenters. The quantitative estimate of drug-likeness (QED) is 0.619. The van der Waals surface area contributed by atoms with Crippen molar-refractivity contribution in [3.63, 3.8) is 0 Å². The van der Waals surface area contributed by atoms with Crippen molar-refractivity contribution in [2.24, 2.45) is 0 Å². The normalized spacial score (nSPS) is 10.2. The third-order valence-electron chi connectivity index (χ3n) is 3.64. The molecule has 0 aromatic heterocycles. The Morgan fingerprint density at radius 3 is 2.18 bits per heavy atom. The van der Waals surface area contributed by atoms with E-state index in [0.29, 0.717) is 0 Å². The molecule has 0 fully saturated rings. The zero-order chi connectivity index (χ0) is 15.4. The minimum atomic E-state index is 0.887. The Morgan fingerprint density at radius 1 is 0.818 bits per heavy atom. The average Bonchev–Trinajstić information content (AvgIpc) is 2.57. The Morgan fingerprint density at radius 2 is 1.50 bits per heavy atom. The van der Waals surface area contributed by atoms with Gasteiger partial charge in [-0.2, -0.15) is 0 Å². The predicted molar refractivity (Wildman–Crippen MR) is 94.2 cm³/mol. The summed E-state index contributed by atoms with van der Waals surface area (Å²) in [6.07, 6.45) is 1.38. The largest absolute Gasteiger partial charge is 0.355 e. The number of aryl methyl sites for hydroxylation is 1. The van der Waals surface area contributed by atoms with Crippen LogP contribution in [-0.4, -0.2) is 6.21 Å². The molecule has 108 valence electrons. The molecule has 0 atom stereocenters. The predicted octanol–water partition coefficient (Wildman–Crippen LogP) is 5.40. The fourth-order valence-corrected chi connectivity index (χ4v) is 2.44. The molecule has 2 heteroatoms. The third-order valence-corrected chi connectivity index (χ3v) is 3.64. The van der Waals surface area contributed by atoms with Gasteiger partial charge >= 0.3 is 0 Å². The maximum absolute atomic E-state index is 7.50. The minimum Gasteiger partial charge on any atom is -0.355 e. The van der Waals surface area contributed by atoms with Gasteiger partial charge in [0.1, 0.15) is 0 Å². The van der Waals surface area contributed by atoms with Crippen molar-refractivity contribution in [3.05, 3.63) is 83.9 Å². The van der Waals surface area contributed by atoms with Gasteiger partial charge in [-0.25, -0.2) is 0 Å². The van der Waals surface area contributed by atoms with Crippen molar-refractivity contribution in [3.8, 4) is 11.1 Å². The molecule has 0 aliphatic carbocycles.